The van der Waals surface area contributed by atoms with E-state index in [2.05, 4.69) is 5.32 Å². The average Bonchev–Trinajstić information content (AvgIpc) is 2.97. The zero-order chi connectivity index (χ0) is 19.2. The fraction of sp³-hybridized carbons (Fsp3) is 0.111. The molecule has 0 atom stereocenters. The average molecular weight is 402 g/mol. The molecule has 0 bridgehead atoms. The summed E-state index contributed by atoms with van der Waals surface area (Å²) >= 11 is 6.19. The van der Waals surface area contributed by atoms with Crippen LogP contribution >= 0.6 is 24.0 Å². The molecule has 9 heteroatoms. The Morgan fingerprint density at radius 1 is 1.04 bits per heavy atom. The number of nitrogens with zero attached hydrogens (tertiary/aromatic N) is 1. The first-order valence-corrected chi connectivity index (χ1v) is 9.09. The molecule has 1 N–H and O–H groups in total. The first-order chi connectivity index (χ1) is 13.0. The molecule has 2 aromatic carbocycles. The van der Waals surface area contributed by atoms with Gasteiger partial charge in [-0.25, -0.2) is 0 Å². The minimum atomic E-state index is -0.460. The van der Waals surface area contributed by atoms with Crippen LogP contribution in [0.3, 0.4) is 0 Å². The van der Waals surface area contributed by atoms with Crippen molar-refractivity contribution in [1.29, 1.82) is 0 Å². The molecule has 7 nitrogen and oxygen atoms in total. The molecule has 3 rings (SSSR count). The predicted molar refractivity (Wildman–Crippen MR) is 107 cm³/mol. The van der Waals surface area contributed by atoms with Crippen molar-refractivity contribution in [3.05, 3.63) is 69.1 Å². The SMILES string of the molecule is O=C1NC(=S)SC1=Cc1ccc(OCCOc2ccc([N+](=O)[O-])cc2)cc1. The van der Waals surface area contributed by atoms with Crippen LogP contribution in [0.15, 0.2) is 53.4 Å². The van der Waals surface area contributed by atoms with Gasteiger partial charge in [-0.3, -0.25) is 14.9 Å². The van der Waals surface area contributed by atoms with Crippen molar-refractivity contribution in [1.82, 2.24) is 5.32 Å². The number of nitrogens with one attached hydrogen (secondary N) is 1. The maximum absolute atomic E-state index is 11.6. The quantitative estimate of drug-likeness (QED) is 0.249. The van der Waals surface area contributed by atoms with Gasteiger partial charge in [0.05, 0.1) is 9.83 Å². The van der Waals surface area contributed by atoms with Crippen LogP contribution < -0.4 is 14.8 Å². The lowest BCUT2D eigenvalue weighted by Gasteiger charge is -2.08. The van der Waals surface area contributed by atoms with Crippen LogP contribution in [0.2, 0.25) is 0 Å². The Balaban J connectivity index is 1.46. The molecule has 1 heterocycles. The van der Waals surface area contributed by atoms with Crippen LogP contribution in [0.5, 0.6) is 11.5 Å². The second kappa shape index (κ2) is 8.65. The lowest BCUT2D eigenvalue weighted by molar-refractivity contribution is -0.384. The molecular formula is C18H14N2O5S2. The first kappa shape index (κ1) is 18.9. The number of thioether (sulfide) groups is 1. The molecule has 1 aliphatic rings. The zero-order valence-electron chi connectivity index (χ0n) is 13.9. The summed E-state index contributed by atoms with van der Waals surface area (Å²) in [5, 5.41) is 13.2. The van der Waals surface area contributed by atoms with E-state index < -0.39 is 4.92 Å². The number of non-ortho nitro benzene ring substituents is 1. The van der Waals surface area contributed by atoms with E-state index in [1.54, 1.807) is 30.3 Å². The number of ether oxygens (including phenoxy) is 2. The topological polar surface area (TPSA) is 90.7 Å². The number of hydrogen-bond acceptors (Lipinski definition) is 7. The number of nitro benzene ring substituents is 1. The van der Waals surface area contributed by atoms with Gasteiger partial charge in [0, 0.05) is 12.1 Å². The first-order valence-electron chi connectivity index (χ1n) is 7.86. The molecule has 0 radical (unpaired) electrons. The molecule has 27 heavy (non-hydrogen) atoms. The standard InChI is InChI=1S/C18H14N2O5S2/c21-17-16(27-18(26)19-17)11-12-1-5-14(6-2-12)24-9-10-25-15-7-3-13(4-8-15)20(22)23/h1-8,11H,9-10H2,(H,19,21,26). The maximum atomic E-state index is 11.6. The number of rotatable bonds is 7. The highest BCUT2D eigenvalue weighted by Gasteiger charge is 2.21. The molecule has 1 amide bonds. The third kappa shape index (κ3) is 5.28. The van der Waals surface area contributed by atoms with Gasteiger partial charge in [0.15, 0.2) is 0 Å². The maximum Gasteiger partial charge on any atom is 0.269 e. The van der Waals surface area contributed by atoms with Crippen molar-refractivity contribution in [3.8, 4) is 11.5 Å². The Bertz CT molecular complexity index is 895. The van der Waals surface area contributed by atoms with Crippen molar-refractivity contribution in [2.45, 2.75) is 0 Å². The van der Waals surface area contributed by atoms with E-state index in [-0.39, 0.29) is 11.6 Å². The van der Waals surface area contributed by atoms with Crippen LogP contribution in [0.4, 0.5) is 5.69 Å². The van der Waals surface area contributed by atoms with E-state index in [1.807, 2.05) is 12.1 Å². The van der Waals surface area contributed by atoms with Crippen LogP contribution in [0.25, 0.3) is 6.08 Å². The zero-order valence-corrected chi connectivity index (χ0v) is 15.5. The van der Waals surface area contributed by atoms with Crippen molar-refractivity contribution in [3.63, 3.8) is 0 Å². The Morgan fingerprint density at radius 2 is 1.59 bits per heavy atom. The molecule has 0 saturated carbocycles. The number of benzene rings is 2. The second-order valence-electron chi connectivity index (χ2n) is 5.37. The van der Waals surface area contributed by atoms with E-state index >= 15 is 0 Å². The van der Waals surface area contributed by atoms with Gasteiger partial charge in [-0.15, -0.1) is 0 Å². The summed E-state index contributed by atoms with van der Waals surface area (Å²) < 4.78 is 11.5. The molecule has 138 valence electrons. The minimum Gasteiger partial charge on any atom is -0.490 e. The molecule has 1 fully saturated rings. The summed E-state index contributed by atoms with van der Waals surface area (Å²) in [4.78, 5) is 22.3. The van der Waals surface area contributed by atoms with Gasteiger partial charge in [0.1, 0.15) is 29.0 Å². The van der Waals surface area contributed by atoms with Gasteiger partial charge in [0.2, 0.25) is 0 Å². The van der Waals surface area contributed by atoms with Crippen molar-refractivity contribution in [2.75, 3.05) is 13.2 Å². The van der Waals surface area contributed by atoms with E-state index in [4.69, 9.17) is 21.7 Å². The van der Waals surface area contributed by atoms with Gasteiger partial charge in [0.25, 0.3) is 11.6 Å². The van der Waals surface area contributed by atoms with E-state index in [1.165, 1.54) is 23.9 Å². The molecule has 0 aliphatic carbocycles. The highest BCUT2D eigenvalue weighted by atomic mass is 32.2. The largest absolute Gasteiger partial charge is 0.490 e. The molecule has 1 saturated heterocycles. The minimum absolute atomic E-state index is 0.0176. The number of carbonyl (C=O) groups is 1. The molecule has 1 aliphatic heterocycles. The lowest BCUT2D eigenvalue weighted by Crippen LogP contribution is -2.17. The van der Waals surface area contributed by atoms with Gasteiger partial charge in [-0.2, -0.15) is 0 Å². The van der Waals surface area contributed by atoms with E-state index in [0.29, 0.717) is 33.9 Å². The normalized spacial score (nSPS) is 14.9. The lowest BCUT2D eigenvalue weighted by atomic mass is 10.2. The third-order valence-corrected chi connectivity index (χ3v) is 4.65. The van der Waals surface area contributed by atoms with Crippen molar-refractivity contribution in [2.24, 2.45) is 0 Å². The highest BCUT2D eigenvalue weighted by Crippen LogP contribution is 2.26. The molecule has 0 unspecified atom stereocenters. The molecule has 0 aromatic heterocycles. The van der Waals surface area contributed by atoms with E-state index in [0.717, 1.165) is 5.56 Å². The van der Waals surface area contributed by atoms with Crippen LogP contribution in [-0.4, -0.2) is 28.4 Å². The fourth-order valence-corrected chi connectivity index (χ4v) is 3.26. The number of amides is 1. The highest BCUT2D eigenvalue weighted by molar-refractivity contribution is 8.26. The predicted octanol–water partition coefficient (Wildman–Crippen LogP) is 3.54. The summed E-state index contributed by atoms with van der Waals surface area (Å²) in [6.45, 7) is 0.627. The van der Waals surface area contributed by atoms with E-state index in [9.17, 15) is 14.9 Å². The van der Waals surface area contributed by atoms with Crippen molar-refractivity contribution < 1.29 is 19.2 Å². The fourth-order valence-electron chi connectivity index (χ4n) is 2.22. The second-order valence-corrected chi connectivity index (χ2v) is 7.09. The monoisotopic (exact) mass is 402 g/mol. The molecular weight excluding hydrogens is 388 g/mol. The number of nitro groups is 1. The Kier molecular flexibility index (Phi) is 6.05. The summed E-state index contributed by atoms with van der Waals surface area (Å²) in [6, 6.07) is 13.1. The van der Waals surface area contributed by atoms with Crippen LogP contribution in [0.1, 0.15) is 5.56 Å². The van der Waals surface area contributed by atoms with Gasteiger partial charge >= 0.3 is 0 Å². The summed E-state index contributed by atoms with van der Waals surface area (Å²) in [6.07, 6.45) is 1.76. The summed E-state index contributed by atoms with van der Waals surface area (Å²) in [5.74, 6) is 1.02. The Labute approximate surface area is 164 Å². The Morgan fingerprint density at radius 3 is 2.07 bits per heavy atom. The number of thiocarbonyl (C=S) groups is 1. The van der Waals surface area contributed by atoms with Crippen molar-refractivity contribution >= 4 is 46.0 Å². The van der Waals surface area contributed by atoms with Crippen LogP contribution in [0, 0.1) is 10.1 Å². The summed E-state index contributed by atoms with van der Waals surface area (Å²) in [7, 11) is 0. The number of carbonyl (C=O) groups excluding carboxylic acids is 1. The third-order valence-electron chi connectivity index (χ3n) is 3.49. The van der Waals surface area contributed by atoms with Gasteiger partial charge in [-0.05, 0) is 35.9 Å². The van der Waals surface area contributed by atoms with Crippen LogP contribution in [-0.2, 0) is 4.79 Å². The smallest absolute Gasteiger partial charge is 0.269 e. The Hall–Kier alpha value is -2.91. The molecule has 0 spiro atoms. The summed E-state index contributed by atoms with van der Waals surface area (Å²) in [5.41, 5.74) is 0.885. The number of hydrogen-bond donors (Lipinski definition) is 1. The van der Waals surface area contributed by atoms with Gasteiger partial charge < -0.3 is 14.8 Å². The van der Waals surface area contributed by atoms with Gasteiger partial charge in [-0.1, -0.05) is 36.1 Å². The molecule has 2 aromatic rings.